The summed E-state index contributed by atoms with van der Waals surface area (Å²) in [7, 11) is 0. The fourth-order valence-electron chi connectivity index (χ4n) is 4.82. The molecule has 3 aliphatic rings. The molecular formula is C26H15Cl4I4NO9. The van der Waals surface area contributed by atoms with E-state index < -0.39 is 43.2 Å². The molecule has 18 heteroatoms. The first-order chi connectivity index (χ1) is 20.6. The summed E-state index contributed by atoms with van der Waals surface area (Å²) in [4.78, 5) is 27.0. The number of aromatic hydroxyl groups is 1. The quantitative estimate of drug-likeness (QED) is 0.0638. The van der Waals surface area contributed by atoms with Crippen molar-refractivity contribution >= 4 is 154 Å². The maximum Gasteiger partial charge on any atom is 0.254 e. The Bertz CT molecular complexity index is 1890. The Balaban J connectivity index is 1.87. The lowest BCUT2D eigenvalue weighted by Crippen LogP contribution is -2.64. The lowest BCUT2D eigenvalue weighted by atomic mass is 9.89. The highest BCUT2D eigenvalue weighted by Crippen LogP contribution is 2.52. The largest absolute Gasteiger partial charge is 0.506 e. The first-order valence-corrected chi connectivity index (χ1v) is 17.9. The topological polar surface area (TPSA) is 170 Å². The number of phenolic OH excluding ortho intramolecular Hbond substituents is 1. The molecule has 10 nitrogen and oxygen atoms in total. The summed E-state index contributed by atoms with van der Waals surface area (Å²) in [5, 5.41) is 53.5. The minimum absolute atomic E-state index is 0.0357. The van der Waals surface area contributed by atoms with Gasteiger partial charge in [-0.1, -0.05) is 46.4 Å². The second-order valence-electron chi connectivity index (χ2n) is 9.49. The maximum absolute atomic E-state index is 14.1. The van der Waals surface area contributed by atoms with Crippen molar-refractivity contribution in [1.29, 1.82) is 0 Å². The molecule has 0 saturated carbocycles. The van der Waals surface area contributed by atoms with Crippen LogP contribution in [0.15, 0.2) is 21.3 Å². The van der Waals surface area contributed by atoms with Crippen LogP contribution in [0.25, 0.3) is 33.4 Å². The number of nitrogens with one attached hydrogen (secondary N) is 1. The lowest BCUT2D eigenvalue weighted by Gasteiger charge is -2.40. The van der Waals surface area contributed by atoms with Gasteiger partial charge in [0.2, 0.25) is 5.43 Å². The molecule has 1 saturated heterocycles. The summed E-state index contributed by atoms with van der Waals surface area (Å²) in [6.45, 7) is -0.705. The van der Waals surface area contributed by atoms with Gasteiger partial charge in [-0.2, -0.15) is 0 Å². The molecule has 1 fully saturated rings. The average molecular weight is 1130 g/mol. The number of phenols is 1. The summed E-state index contributed by atoms with van der Waals surface area (Å²) in [5.74, 6) is -0.944. The van der Waals surface area contributed by atoms with Gasteiger partial charge in [-0.25, -0.2) is 0 Å². The van der Waals surface area contributed by atoms with Crippen LogP contribution >= 0.6 is 137 Å². The molecule has 234 valence electrons. The van der Waals surface area contributed by atoms with Crippen molar-refractivity contribution in [2.45, 2.75) is 30.6 Å². The van der Waals surface area contributed by atoms with Gasteiger partial charge in [0.15, 0.2) is 17.6 Å². The molecule has 0 spiro atoms. The second-order valence-corrected chi connectivity index (χ2v) is 15.5. The van der Waals surface area contributed by atoms with Crippen molar-refractivity contribution in [3.05, 3.63) is 62.3 Å². The molecule has 6 N–H and O–H groups in total. The molecule has 0 radical (unpaired) electrons. The summed E-state index contributed by atoms with van der Waals surface area (Å²) >= 11 is 34.0. The first kappa shape index (κ1) is 35.6. The number of carbonyl (C=O) groups is 1. The number of rotatable bonds is 4. The predicted molar refractivity (Wildman–Crippen MR) is 198 cm³/mol. The Hall–Kier alpha value is 0.280. The molecule has 1 amide bonds. The summed E-state index contributed by atoms with van der Waals surface area (Å²) < 4.78 is 12.6. The molecule has 44 heavy (non-hydrogen) atoms. The minimum Gasteiger partial charge on any atom is -0.506 e. The molecule has 2 heterocycles. The lowest BCUT2D eigenvalue weighted by molar-refractivity contribution is -0.252. The number of aliphatic hydroxyl groups excluding tert-OH is 4. The van der Waals surface area contributed by atoms with Gasteiger partial charge in [0, 0.05) is 22.1 Å². The normalized spacial score (nSPS) is 22.1. The SMILES string of the molecule is O=C(N[C@@H]1[C@@H](O)[C@H](O)[C@@H](CO)O[C@H]1O)c1c(Cl)c(Cl)c(Cl)c(Cl)c1-c1c2cc(I)c(=O)c(I)c-2oc2c(I)c(O)c(I)cc12. The molecule has 2 aromatic carbocycles. The third kappa shape index (κ3) is 5.92. The zero-order valence-corrected chi connectivity index (χ0v) is 32.8. The number of benzene rings is 3. The third-order valence-corrected chi connectivity index (χ3v) is 12.4. The van der Waals surface area contributed by atoms with E-state index in [-0.39, 0.29) is 62.9 Å². The summed E-state index contributed by atoms with van der Waals surface area (Å²) in [5.41, 5.74) is 0.0899. The Kier molecular flexibility index (Phi) is 11.0. The standard InChI is InChI=1S/C26H15Cl4I4NO9/c27-12-10(9-4-1-6(31)19(37)16(33)23(4)44-24-5(9)2-7(32)20(38)17(24)34)11(13(28)15(30)14(12)29)25(41)35-18-22(40)21(39)8(3-36)43-26(18)42/h1-2,8,18,21-22,26,36-37,39-40,42H,3H2,(H,35,41)/t8-,18-,21-,22-,26-/m1/s1. The van der Waals surface area contributed by atoms with E-state index >= 15 is 0 Å². The van der Waals surface area contributed by atoms with Gasteiger partial charge in [-0.3, -0.25) is 9.59 Å². The molecule has 2 aliphatic heterocycles. The molecule has 0 aromatic heterocycles. The van der Waals surface area contributed by atoms with E-state index in [2.05, 4.69) is 5.32 Å². The van der Waals surface area contributed by atoms with Crippen molar-refractivity contribution in [2.75, 3.05) is 6.61 Å². The molecular weight excluding hydrogens is 1120 g/mol. The van der Waals surface area contributed by atoms with Crippen molar-refractivity contribution in [1.82, 2.24) is 5.32 Å². The van der Waals surface area contributed by atoms with Crippen LogP contribution < -0.4 is 10.7 Å². The number of hydrogen-bond acceptors (Lipinski definition) is 9. The van der Waals surface area contributed by atoms with Gasteiger partial charge in [-0.05, 0) is 102 Å². The maximum atomic E-state index is 14.1. The first-order valence-electron chi connectivity index (χ1n) is 12.0. The van der Waals surface area contributed by atoms with Crippen LogP contribution in [-0.2, 0) is 4.74 Å². The fraction of sp³-hybridized carbons (Fsp3) is 0.231. The third-order valence-electron chi connectivity index (χ3n) is 6.97. The Morgan fingerprint density at radius 2 is 1.52 bits per heavy atom. The van der Waals surface area contributed by atoms with Gasteiger partial charge in [0.05, 0.1) is 43.0 Å². The van der Waals surface area contributed by atoms with Crippen LogP contribution in [0.2, 0.25) is 20.1 Å². The van der Waals surface area contributed by atoms with Crippen LogP contribution in [0.4, 0.5) is 0 Å². The van der Waals surface area contributed by atoms with Crippen LogP contribution in [0.5, 0.6) is 5.75 Å². The van der Waals surface area contributed by atoms with E-state index in [1.165, 1.54) is 0 Å². The number of aliphatic hydroxyl groups is 4. The average Bonchev–Trinajstić information content (AvgIpc) is 2.99. The Morgan fingerprint density at radius 3 is 2.16 bits per heavy atom. The smallest absolute Gasteiger partial charge is 0.254 e. The van der Waals surface area contributed by atoms with E-state index in [0.29, 0.717) is 21.7 Å². The van der Waals surface area contributed by atoms with Gasteiger partial charge >= 0.3 is 0 Å². The molecule has 1 aliphatic carbocycles. The van der Waals surface area contributed by atoms with Gasteiger partial charge < -0.3 is 40.0 Å². The van der Waals surface area contributed by atoms with E-state index in [1.54, 1.807) is 12.1 Å². The molecule has 2 aromatic rings. The summed E-state index contributed by atoms with van der Waals surface area (Å²) in [6.07, 6.45) is -6.57. The molecule has 0 bridgehead atoms. The van der Waals surface area contributed by atoms with E-state index in [9.17, 15) is 35.1 Å². The van der Waals surface area contributed by atoms with Crippen molar-refractivity contribution in [3.8, 4) is 28.2 Å². The van der Waals surface area contributed by atoms with Crippen LogP contribution in [0.1, 0.15) is 10.4 Å². The van der Waals surface area contributed by atoms with Crippen molar-refractivity contribution < 1.29 is 39.5 Å². The second kappa shape index (κ2) is 13.7. The van der Waals surface area contributed by atoms with Gasteiger partial charge in [0.1, 0.15) is 33.7 Å². The Labute approximate surface area is 322 Å². The van der Waals surface area contributed by atoms with Crippen LogP contribution in [-0.4, -0.2) is 68.7 Å². The number of hydrogen-bond donors (Lipinski definition) is 6. The van der Waals surface area contributed by atoms with E-state index in [4.69, 9.17) is 55.6 Å². The van der Waals surface area contributed by atoms with E-state index in [0.717, 1.165) is 0 Å². The predicted octanol–water partition coefficient (Wildman–Crippen LogP) is 5.83. The number of halogens is 8. The van der Waals surface area contributed by atoms with Crippen LogP contribution in [0.3, 0.4) is 0 Å². The number of ether oxygens (including phenoxy) is 1. The number of fused-ring (bicyclic) bond motifs is 2. The Morgan fingerprint density at radius 1 is 0.886 bits per heavy atom. The number of amides is 1. The minimum atomic E-state index is -1.84. The molecule has 5 rings (SSSR count). The van der Waals surface area contributed by atoms with E-state index in [1.807, 2.05) is 90.4 Å². The van der Waals surface area contributed by atoms with Gasteiger partial charge in [0.25, 0.3) is 5.91 Å². The molecule has 0 unspecified atom stereocenters. The molecule has 5 atom stereocenters. The monoisotopic (exact) mass is 1130 g/mol. The fourth-order valence-corrected chi connectivity index (χ4v) is 9.43. The van der Waals surface area contributed by atoms with Crippen molar-refractivity contribution in [3.63, 3.8) is 0 Å². The van der Waals surface area contributed by atoms with Gasteiger partial charge in [-0.15, -0.1) is 0 Å². The highest BCUT2D eigenvalue weighted by Gasteiger charge is 2.45. The van der Waals surface area contributed by atoms with Crippen molar-refractivity contribution in [2.24, 2.45) is 0 Å². The highest BCUT2D eigenvalue weighted by molar-refractivity contribution is 14.1. The zero-order chi connectivity index (χ0) is 32.5. The highest BCUT2D eigenvalue weighted by atomic mass is 127. The zero-order valence-electron chi connectivity index (χ0n) is 21.1. The summed E-state index contributed by atoms with van der Waals surface area (Å²) in [6, 6.07) is 1.56. The number of carbonyl (C=O) groups excluding carboxylic acids is 1. The van der Waals surface area contributed by atoms with Crippen LogP contribution in [0, 0.1) is 14.3 Å².